The van der Waals surface area contributed by atoms with Crippen molar-refractivity contribution < 1.29 is 28.8 Å². The molecule has 148 valence electrons. The van der Waals surface area contributed by atoms with Gasteiger partial charge in [0, 0.05) is 12.5 Å². The highest BCUT2D eigenvalue weighted by Crippen LogP contribution is 2.31. The van der Waals surface area contributed by atoms with Crippen LogP contribution in [0.25, 0.3) is 6.08 Å². The van der Waals surface area contributed by atoms with Crippen LogP contribution >= 0.6 is 0 Å². The van der Waals surface area contributed by atoms with E-state index in [4.69, 9.17) is 18.9 Å². The molecule has 1 N–H and O–H groups in total. The van der Waals surface area contributed by atoms with Gasteiger partial charge in [-0.15, -0.1) is 0 Å². The number of rotatable bonds is 7. The van der Waals surface area contributed by atoms with Crippen LogP contribution < -0.4 is 14.2 Å². The average Bonchev–Trinajstić information content (AvgIpc) is 2.72. The summed E-state index contributed by atoms with van der Waals surface area (Å²) < 4.78 is 21.9. The molecule has 0 aliphatic carbocycles. The van der Waals surface area contributed by atoms with E-state index in [1.54, 1.807) is 31.4 Å². The summed E-state index contributed by atoms with van der Waals surface area (Å²) in [5.41, 5.74) is 0.977. The molecule has 1 aliphatic heterocycles. The lowest BCUT2D eigenvalue weighted by Gasteiger charge is -2.24. The summed E-state index contributed by atoms with van der Waals surface area (Å²) in [6.07, 6.45) is 5.72. The summed E-state index contributed by atoms with van der Waals surface area (Å²) in [6, 6.07) is 9.98. The minimum absolute atomic E-state index is 0.123. The van der Waals surface area contributed by atoms with Gasteiger partial charge in [-0.3, -0.25) is 4.79 Å². The molecule has 1 atom stereocenters. The topological polar surface area (TPSA) is 74.2 Å². The zero-order chi connectivity index (χ0) is 19.9. The normalized spacial score (nSPS) is 16.7. The molecule has 0 bridgehead atoms. The minimum Gasteiger partial charge on any atom is -0.507 e. The summed E-state index contributed by atoms with van der Waals surface area (Å²) in [7, 11) is 3.08. The van der Waals surface area contributed by atoms with Crippen LogP contribution in [0.2, 0.25) is 0 Å². The Bertz CT molecular complexity index is 852. The number of ketones is 1. The van der Waals surface area contributed by atoms with Crippen molar-refractivity contribution >= 4 is 11.9 Å². The van der Waals surface area contributed by atoms with E-state index in [2.05, 4.69) is 0 Å². The summed E-state index contributed by atoms with van der Waals surface area (Å²) >= 11 is 0. The lowest BCUT2D eigenvalue weighted by molar-refractivity contribution is -0.106. The fourth-order valence-electron chi connectivity index (χ4n) is 2.94. The molecule has 1 aliphatic rings. The Kier molecular flexibility index (Phi) is 6.55. The van der Waals surface area contributed by atoms with E-state index in [0.29, 0.717) is 23.9 Å². The molecule has 6 heteroatoms. The van der Waals surface area contributed by atoms with E-state index >= 15 is 0 Å². The molecule has 0 amide bonds. The Labute approximate surface area is 164 Å². The first-order valence-electron chi connectivity index (χ1n) is 9.16. The Morgan fingerprint density at radius 2 is 1.96 bits per heavy atom. The number of carbonyl (C=O) groups excluding carboxylic acids is 1. The van der Waals surface area contributed by atoms with E-state index in [9.17, 15) is 9.90 Å². The van der Waals surface area contributed by atoms with Crippen LogP contribution in [0.15, 0.2) is 42.5 Å². The van der Waals surface area contributed by atoms with Crippen molar-refractivity contribution in [2.45, 2.75) is 25.6 Å². The van der Waals surface area contributed by atoms with Crippen LogP contribution in [0.1, 0.15) is 35.2 Å². The monoisotopic (exact) mass is 384 g/mol. The summed E-state index contributed by atoms with van der Waals surface area (Å²) in [4.78, 5) is 12.4. The molecule has 0 spiro atoms. The number of methoxy groups -OCH3 is 2. The number of carbonyl (C=O) groups is 1. The number of allylic oxidation sites excluding steroid dienone is 1. The highest BCUT2D eigenvalue weighted by atomic mass is 16.7. The summed E-state index contributed by atoms with van der Waals surface area (Å²) in [5, 5.41) is 10.00. The van der Waals surface area contributed by atoms with E-state index in [-0.39, 0.29) is 23.4 Å². The molecule has 1 unspecified atom stereocenters. The van der Waals surface area contributed by atoms with Gasteiger partial charge in [0.2, 0.25) is 0 Å². The maximum Gasteiger partial charge on any atom is 0.200 e. The smallest absolute Gasteiger partial charge is 0.200 e. The van der Waals surface area contributed by atoms with Gasteiger partial charge < -0.3 is 24.1 Å². The van der Waals surface area contributed by atoms with Crippen LogP contribution in [0.5, 0.6) is 23.0 Å². The number of hydrogen-bond acceptors (Lipinski definition) is 6. The van der Waals surface area contributed by atoms with Crippen LogP contribution in [-0.4, -0.2) is 38.0 Å². The van der Waals surface area contributed by atoms with Crippen molar-refractivity contribution in [3.63, 3.8) is 0 Å². The van der Waals surface area contributed by atoms with E-state index in [0.717, 1.165) is 24.8 Å². The Balaban J connectivity index is 1.75. The molecular weight excluding hydrogens is 360 g/mol. The fourth-order valence-corrected chi connectivity index (χ4v) is 2.94. The Morgan fingerprint density at radius 3 is 2.64 bits per heavy atom. The second-order valence-electron chi connectivity index (χ2n) is 6.40. The maximum absolute atomic E-state index is 12.4. The van der Waals surface area contributed by atoms with Crippen molar-refractivity contribution in [3.8, 4) is 23.0 Å². The van der Waals surface area contributed by atoms with Gasteiger partial charge in [0.1, 0.15) is 11.5 Å². The second-order valence-corrected chi connectivity index (χ2v) is 6.40. The van der Waals surface area contributed by atoms with Gasteiger partial charge in [0.15, 0.2) is 23.6 Å². The van der Waals surface area contributed by atoms with Crippen molar-refractivity contribution in [1.82, 2.24) is 0 Å². The van der Waals surface area contributed by atoms with Crippen molar-refractivity contribution in [2.75, 3.05) is 20.8 Å². The molecule has 28 heavy (non-hydrogen) atoms. The van der Waals surface area contributed by atoms with Crippen LogP contribution in [-0.2, 0) is 4.74 Å². The second kappa shape index (κ2) is 9.28. The van der Waals surface area contributed by atoms with Gasteiger partial charge in [0.25, 0.3) is 0 Å². The van der Waals surface area contributed by atoms with Gasteiger partial charge >= 0.3 is 0 Å². The first-order chi connectivity index (χ1) is 13.6. The maximum atomic E-state index is 12.4. The molecule has 1 fully saturated rings. The van der Waals surface area contributed by atoms with Crippen LogP contribution in [0, 0.1) is 0 Å². The molecule has 1 saturated heterocycles. The third-order valence-electron chi connectivity index (χ3n) is 4.48. The van der Waals surface area contributed by atoms with Gasteiger partial charge in [0.05, 0.1) is 26.4 Å². The Morgan fingerprint density at radius 1 is 1.11 bits per heavy atom. The molecule has 0 radical (unpaired) electrons. The number of phenols is 1. The highest BCUT2D eigenvalue weighted by Gasteiger charge is 2.17. The van der Waals surface area contributed by atoms with Crippen molar-refractivity contribution in [2.24, 2.45) is 0 Å². The first-order valence-corrected chi connectivity index (χ1v) is 9.16. The van der Waals surface area contributed by atoms with Gasteiger partial charge in [-0.2, -0.15) is 0 Å². The lowest BCUT2D eigenvalue weighted by Crippen LogP contribution is -2.25. The molecule has 1 heterocycles. The standard InChI is InChI=1S/C22H24O6/c1-25-16-8-9-17(19(24)14-16)18(23)10-6-15-7-11-20(26-2)21(13-15)28-22-5-3-4-12-27-22/h6-11,13-14,22,24H,3-5,12H2,1-2H3/b10-6+. The van der Waals surface area contributed by atoms with Crippen molar-refractivity contribution in [1.29, 1.82) is 0 Å². The van der Waals surface area contributed by atoms with E-state index in [1.807, 2.05) is 6.07 Å². The molecule has 2 aromatic carbocycles. The predicted octanol–water partition coefficient (Wildman–Crippen LogP) is 4.21. The van der Waals surface area contributed by atoms with E-state index in [1.165, 1.54) is 25.3 Å². The zero-order valence-corrected chi connectivity index (χ0v) is 16.0. The van der Waals surface area contributed by atoms with Crippen molar-refractivity contribution in [3.05, 3.63) is 53.6 Å². The average molecular weight is 384 g/mol. The van der Waals surface area contributed by atoms with Crippen LogP contribution in [0.3, 0.4) is 0 Å². The molecule has 0 aromatic heterocycles. The third-order valence-corrected chi connectivity index (χ3v) is 4.48. The number of ether oxygens (including phenoxy) is 4. The number of hydrogen-bond donors (Lipinski definition) is 1. The SMILES string of the molecule is COc1ccc(C(=O)/C=C/c2ccc(OC)c(OC3CCCCO3)c2)c(O)c1. The first kappa shape index (κ1) is 19.8. The molecular formula is C22H24O6. The van der Waals surface area contributed by atoms with E-state index < -0.39 is 0 Å². The third kappa shape index (κ3) is 4.84. The van der Waals surface area contributed by atoms with Crippen LogP contribution in [0.4, 0.5) is 0 Å². The predicted molar refractivity (Wildman–Crippen MR) is 105 cm³/mol. The lowest BCUT2D eigenvalue weighted by atomic mass is 10.1. The van der Waals surface area contributed by atoms with Gasteiger partial charge in [-0.1, -0.05) is 12.1 Å². The highest BCUT2D eigenvalue weighted by molar-refractivity contribution is 6.08. The largest absolute Gasteiger partial charge is 0.507 e. The molecule has 6 nitrogen and oxygen atoms in total. The minimum atomic E-state index is -0.311. The molecule has 2 aromatic rings. The molecule has 3 rings (SSSR count). The zero-order valence-electron chi connectivity index (χ0n) is 16.0. The number of phenolic OH excluding ortho intramolecular Hbond substituents is 1. The fraction of sp³-hybridized carbons (Fsp3) is 0.318. The van der Waals surface area contributed by atoms with Gasteiger partial charge in [-0.25, -0.2) is 0 Å². The number of aromatic hydroxyl groups is 1. The summed E-state index contributed by atoms with van der Waals surface area (Å²) in [6.45, 7) is 0.687. The Hall–Kier alpha value is -2.99. The quantitative estimate of drug-likeness (QED) is 0.569. The summed E-state index contributed by atoms with van der Waals surface area (Å²) in [5.74, 6) is 1.22. The number of benzene rings is 2. The van der Waals surface area contributed by atoms with Gasteiger partial charge in [-0.05, 0) is 48.7 Å². The molecule has 0 saturated carbocycles.